The van der Waals surface area contributed by atoms with E-state index < -0.39 is 0 Å². The topological polar surface area (TPSA) is 46.1 Å². The van der Waals surface area contributed by atoms with Crippen molar-refractivity contribution >= 4 is 28.4 Å². The lowest BCUT2D eigenvalue weighted by atomic mass is 9.99. The van der Waals surface area contributed by atoms with Crippen molar-refractivity contribution in [3.8, 4) is 0 Å². The summed E-state index contributed by atoms with van der Waals surface area (Å²) in [6.07, 6.45) is 3.99. The normalized spacial score (nSPS) is 16.3. The molecule has 0 spiro atoms. The average Bonchev–Trinajstić information content (AvgIpc) is 2.53. The molecule has 1 aliphatic heterocycles. The third-order valence-electron chi connectivity index (χ3n) is 4.01. The number of hydrogen-bond acceptors (Lipinski definition) is 4. The van der Waals surface area contributed by atoms with Crippen LogP contribution in [0.1, 0.15) is 19.8 Å². The first-order valence-electron chi connectivity index (χ1n) is 7.35. The Balaban J connectivity index is 1.65. The molecule has 0 unspecified atom stereocenters. The Hall–Kier alpha value is -1.62. The van der Waals surface area contributed by atoms with Gasteiger partial charge in [-0.2, -0.15) is 5.10 Å². The summed E-state index contributed by atoms with van der Waals surface area (Å²) in [7, 11) is 0. The molecule has 4 nitrogen and oxygen atoms in total. The van der Waals surface area contributed by atoms with Crippen LogP contribution in [-0.2, 0) is 4.79 Å². The van der Waals surface area contributed by atoms with Crippen molar-refractivity contribution < 1.29 is 4.79 Å². The zero-order valence-corrected chi connectivity index (χ0v) is 13.0. The maximum absolute atomic E-state index is 12.3. The van der Waals surface area contributed by atoms with Gasteiger partial charge in [0.25, 0.3) is 0 Å². The fraction of sp³-hybridized carbons (Fsp3) is 0.438. The van der Waals surface area contributed by atoms with Gasteiger partial charge in [-0.1, -0.05) is 43.0 Å². The molecule has 5 heteroatoms. The molecule has 0 bridgehead atoms. The van der Waals surface area contributed by atoms with Crippen LogP contribution in [0, 0.1) is 5.92 Å². The number of thioether (sulfide) groups is 1. The van der Waals surface area contributed by atoms with E-state index in [9.17, 15) is 4.79 Å². The third-order valence-corrected chi connectivity index (χ3v) is 4.97. The lowest BCUT2D eigenvalue weighted by molar-refractivity contribution is -0.129. The van der Waals surface area contributed by atoms with Gasteiger partial charge < -0.3 is 4.90 Å². The number of carbonyl (C=O) groups excluding carboxylic acids is 1. The third kappa shape index (κ3) is 3.35. The van der Waals surface area contributed by atoms with Crippen molar-refractivity contribution in [2.45, 2.75) is 24.8 Å². The van der Waals surface area contributed by atoms with Crippen molar-refractivity contribution in [2.24, 2.45) is 5.92 Å². The molecule has 1 aliphatic rings. The summed E-state index contributed by atoms with van der Waals surface area (Å²) < 4.78 is 0. The number of amides is 1. The van der Waals surface area contributed by atoms with E-state index in [0.29, 0.717) is 5.75 Å². The Morgan fingerprint density at radius 3 is 2.90 bits per heavy atom. The highest BCUT2D eigenvalue weighted by Crippen LogP contribution is 2.25. The van der Waals surface area contributed by atoms with Crippen molar-refractivity contribution in [3.05, 3.63) is 30.5 Å². The van der Waals surface area contributed by atoms with Gasteiger partial charge in [0, 0.05) is 23.9 Å². The molecule has 0 N–H and O–H groups in total. The first-order chi connectivity index (χ1) is 10.2. The summed E-state index contributed by atoms with van der Waals surface area (Å²) >= 11 is 1.49. The molecule has 3 rings (SSSR count). The fourth-order valence-corrected chi connectivity index (χ4v) is 3.48. The van der Waals surface area contributed by atoms with Gasteiger partial charge in [0.05, 0.1) is 11.9 Å². The molecule has 21 heavy (non-hydrogen) atoms. The summed E-state index contributed by atoms with van der Waals surface area (Å²) in [6, 6.07) is 8.02. The van der Waals surface area contributed by atoms with E-state index >= 15 is 0 Å². The minimum Gasteiger partial charge on any atom is -0.342 e. The van der Waals surface area contributed by atoms with E-state index in [2.05, 4.69) is 17.1 Å². The summed E-state index contributed by atoms with van der Waals surface area (Å²) in [5.41, 5.74) is 0. The number of aromatic nitrogens is 2. The number of likely N-dealkylation sites (tertiary alicyclic amines) is 1. The lowest BCUT2D eigenvalue weighted by Crippen LogP contribution is -2.38. The van der Waals surface area contributed by atoms with Crippen molar-refractivity contribution in [1.82, 2.24) is 15.1 Å². The van der Waals surface area contributed by atoms with Crippen molar-refractivity contribution in [2.75, 3.05) is 18.8 Å². The monoisotopic (exact) mass is 301 g/mol. The quantitative estimate of drug-likeness (QED) is 0.818. The zero-order valence-electron chi connectivity index (χ0n) is 12.2. The second-order valence-corrected chi connectivity index (χ2v) is 6.55. The summed E-state index contributed by atoms with van der Waals surface area (Å²) in [6.45, 7) is 4.03. The van der Waals surface area contributed by atoms with E-state index in [-0.39, 0.29) is 5.91 Å². The van der Waals surface area contributed by atoms with Crippen LogP contribution in [0.2, 0.25) is 0 Å². The zero-order chi connectivity index (χ0) is 14.7. The Morgan fingerprint density at radius 2 is 2.10 bits per heavy atom. The molecule has 2 heterocycles. The second kappa shape index (κ2) is 6.43. The number of nitrogens with zero attached hydrogens (tertiary/aromatic N) is 3. The van der Waals surface area contributed by atoms with Crippen molar-refractivity contribution in [3.63, 3.8) is 0 Å². The first kappa shape index (κ1) is 14.3. The van der Waals surface area contributed by atoms with Gasteiger partial charge in [0.1, 0.15) is 5.03 Å². The summed E-state index contributed by atoms with van der Waals surface area (Å²) in [5, 5.41) is 11.2. The second-order valence-electron chi connectivity index (χ2n) is 5.59. The summed E-state index contributed by atoms with van der Waals surface area (Å²) in [4.78, 5) is 14.2. The predicted molar refractivity (Wildman–Crippen MR) is 85.2 cm³/mol. The molecule has 1 saturated heterocycles. The molecule has 0 atom stereocenters. The molecular weight excluding hydrogens is 282 g/mol. The van der Waals surface area contributed by atoms with Gasteiger partial charge in [-0.15, -0.1) is 5.10 Å². The van der Waals surface area contributed by atoms with Gasteiger partial charge in [-0.25, -0.2) is 0 Å². The predicted octanol–water partition coefficient (Wildman–Crippen LogP) is 2.98. The van der Waals surface area contributed by atoms with E-state index in [1.807, 2.05) is 29.2 Å². The van der Waals surface area contributed by atoms with Crippen LogP contribution in [0.25, 0.3) is 10.8 Å². The molecule has 110 valence electrons. The maximum atomic E-state index is 12.3. The van der Waals surface area contributed by atoms with Crippen LogP contribution >= 0.6 is 11.8 Å². The molecule has 1 aromatic heterocycles. The standard InChI is InChI=1S/C16H19N3OS/c1-12-6-8-19(9-7-12)15(20)11-21-16-14-5-3-2-4-13(14)10-17-18-16/h2-5,10,12H,6-9,11H2,1H3. The first-order valence-corrected chi connectivity index (χ1v) is 8.33. The SMILES string of the molecule is CC1CCN(C(=O)CSc2nncc3ccccc23)CC1. The minimum atomic E-state index is 0.210. The Bertz CT molecular complexity index is 633. The fourth-order valence-electron chi connectivity index (χ4n) is 2.59. The van der Waals surface area contributed by atoms with E-state index in [4.69, 9.17) is 0 Å². The summed E-state index contributed by atoms with van der Waals surface area (Å²) in [5.74, 6) is 1.39. The minimum absolute atomic E-state index is 0.210. The Labute approximate surface area is 128 Å². The van der Waals surface area contributed by atoms with Crippen LogP contribution < -0.4 is 0 Å². The number of piperidine rings is 1. The van der Waals surface area contributed by atoms with Crippen LogP contribution in [0.3, 0.4) is 0 Å². The van der Waals surface area contributed by atoms with Gasteiger partial charge in [0.2, 0.25) is 5.91 Å². The molecule has 0 aliphatic carbocycles. The van der Waals surface area contributed by atoms with Crippen LogP contribution in [0.15, 0.2) is 35.5 Å². The molecule has 1 fully saturated rings. The molecule has 0 radical (unpaired) electrons. The number of carbonyl (C=O) groups is 1. The number of hydrogen-bond donors (Lipinski definition) is 0. The van der Waals surface area contributed by atoms with E-state index in [0.717, 1.165) is 47.6 Å². The van der Waals surface area contributed by atoms with Gasteiger partial charge in [-0.3, -0.25) is 4.79 Å². The molecule has 1 aromatic carbocycles. The number of benzene rings is 1. The van der Waals surface area contributed by atoms with E-state index in [1.165, 1.54) is 11.8 Å². The lowest BCUT2D eigenvalue weighted by Gasteiger charge is -2.30. The van der Waals surface area contributed by atoms with Crippen LogP contribution in [0.4, 0.5) is 0 Å². The van der Waals surface area contributed by atoms with Gasteiger partial charge in [-0.05, 0) is 18.8 Å². The Morgan fingerprint density at radius 1 is 1.33 bits per heavy atom. The number of rotatable bonds is 3. The largest absolute Gasteiger partial charge is 0.342 e. The highest BCUT2D eigenvalue weighted by atomic mass is 32.2. The number of fused-ring (bicyclic) bond motifs is 1. The molecule has 2 aromatic rings. The molecular formula is C16H19N3OS. The smallest absolute Gasteiger partial charge is 0.232 e. The molecule has 0 saturated carbocycles. The highest BCUT2D eigenvalue weighted by Gasteiger charge is 2.20. The van der Waals surface area contributed by atoms with Gasteiger partial charge in [0.15, 0.2) is 0 Å². The highest BCUT2D eigenvalue weighted by molar-refractivity contribution is 8.00. The van der Waals surface area contributed by atoms with Crippen LogP contribution in [0.5, 0.6) is 0 Å². The van der Waals surface area contributed by atoms with E-state index in [1.54, 1.807) is 6.20 Å². The maximum Gasteiger partial charge on any atom is 0.232 e. The van der Waals surface area contributed by atoms with Gasteiger partial charge >= 0.3 is 0 Å². The van der Waals surface area contributed by atoms with Crippen molar-refractivity contribution in [1.29, 1.82) is 0 Å². The van der Waals surface area contributed by atoms with Crippen LogP contribution in [-0.4, -0.2) is 39.8 Å². The Kier molecular flexibility index (Phi) is 4.39. The molecule has 1 amide bonds. The average molecular weight is 301 g/mol.